The molecule has 2 aromatic carbocycles. The lowest BCUT2D eigenvalue weighted by molar-refractivity contribution is 0.376. The molecule has 0 saturated carbocycles. The molecule has 0 N–H and O–H groups in total. The van der Waals surface area contributed by atoms with E-state index in [-0.39, 0.29) is 0 Å². The summed E-state index contributed by atoms with van der Waals surface area (Å²) < 4.78 is 38.3. The maximum atomic E-state index is 13.0. The number of piperazine rings is 1. The fourth-order valence-corrected chi connectivity index (χ4v) is 4.74. The first-order chi connectivity index (χ1) is 12.9. The van der Waals surface area contributed by atoms with Gasteiger partial charge in [-0.15, -0.1) is 0 Å². The van der Waals surface area contributed by atoms with Gasteiger partial charge in [0.1, 0.15) is 11.5 Å². The number of ether oxygens (including phenoxy) is 2. The van der Waals surface area contributed by atoms with Gasteiger partial charge in [-0.05, 0) is 49.2 Å². The molecule has 1 heterocycles. The minimum Gasteiger partial charge on any atom is -0.497 e. The lowest BCUT2D eigenvalue weighted by Gasteiger charge is -2.36. The number of nitrogens with zero attached hydrogens (tertiary/aromatic N) is 2. The highest BCUT2D eigenvalue weighted by Gasteiger charge is 2.29. The molecule has 2 aromatic rings. The van der Waals surface area contributed by atoms with Crippen LogP contribution in [0.15, 0.2) is 41.3 Å². The second-order valence-corrected chi connectivity index (χ2v) is 8.61. The molecule has 1 saturated heterocycles. The molecule has 0 spiro atoms. The first kappa shape index (κ1) is 19.5. The molecule has 0 radical (unpaired) electrons. The molecule has 0 bridgehead atoms. The monoisotopic (exact) mass is 390 g/mol. The molecular weight excluding hydrogens is 364 g/mol. The van der Waals surface area contributed by atoms with E-state index >= 15 is 0 Å². The Balaban J connectivity index is 1.78. The van der Waals surface area contributed by atoms with Gasteiger partial charge in [0, 0.05) is 32.2 Å². The van der Waals surface area contributed by atoms with E-state index in [1.165, 1.54) is 0 Å². The first-order valence-electron chi connectivity index (χ1n) is 8.91. The van der Waals surface area contributed by atoms with Crippen molar-refractivity contribution in [3.63, 3.8) is 0 Å². The molecule has 6 nitrogen and oxygen atoms in total. The Hall–Kier alpha value is -2.25. The fourth-order valence-electron chi connectivity index (χ4n) is 3.24. The Kier molecular flexibility index (Phi) is 5.62. The highest BCUT2D eigenvalue weighted by Crippen LogP contribution is 2.33. The lowest BCUT2D eigenvalue weighted by Crippen LogP contribution is -2.48. The van der Waals surface area contributed by atoms with Crippen molar-refractivity contribution in [1.82, 2.24) is 4.31 Å². The molecule has 0 amide bonds. The number of hydrogen-bond donors (Lipinski definition) is 0. The average molecular weight is 391 g/mol. The fraction of sp³-hybridized carbons (Fsp3) is 0.400. The number of rotatable bonds is 5. The number of hydrogen-bond acceptors (Lipinski definition) is 5. The predicted molar refractivity (Wildman–Crippen MR) is 106 cm³/mol. The van der Waals surface area contributed by atoms with E-state index in [1.807, 2.05) is 38.1 Å². The van der Waals surface area contributed by atoms with Crippen LogP contribution < -0.4 is 14.4 Å². The van der Waals surface area contributed by atoms with E-state index in [0.29, 0.717) is 31.1 Å². The second-order valence-electron chi connectivity index (χ2n) is 6.67. The summed E-state index contributed by atoms with van der Waals surface area (Å²) in [7, 11) is -0.229. The summed E-state index contributed by atoms with van der Waals surface area (Å²) in [6, 6.07) is 10.9. The van der Waals surface area contributed by atoms with Gasteiger partial charge in [-0.3, -0.25) is 0 Å². The van der Waals surface area contributed by atoms with Crippen LogP contribution in [0, 0.1) is 13.8 Å². The van der Waals surface area contributed by atoms with Crippen LogP contribution in [-0.4, -0.2) is 53.1 Å². The SMILES string of the molecule is COc1ccc(OC)c(N2CCN(S(=O)(=O)c3ccc(C)c(C)c3)CC2)c1. The summed E-state index contributed by atoms with van der Waals surface area (Å²) in [6.45, 7) is 5.94. The molecule has 1 fully saturated rings. The van der Waals surface area contributed by atoms with Crippen molar-refractivity contribution in [3.05, 3.63) is 47.5 Å². The summed E-state index contributed by atoms with van der Waals surface area (Å²) in [5, 5.41) is 0. The molecule has 0 aliphatic carbocycles. The van der Waals surface area contributed by atoms with Crippen LogP contribution in [0.2, 0.25) is 0 Å². The van der Waals surface area contributed by atoms with Crippen molar-refractivity contribution in [3.8, 4) is 11.5 Å². The minimum absolute atomic E-state index is 0.359. The van der Waals surface area contributed by atoms with Crippen LogP contribution in [0.25, 0.3) is 0 Å². The molecule has 146 valence electrons. The molecule has 1 aliphatic rings. The van der Waals surface area contributed by atoms with Crippen LogP contribution in [0.1, 0.15) is 11.1 Å². The molecule has 0 unspecified atom stereocenters. The maximum Gasteiger partial charge on any atom is 0.243 e. The van der Waals surface area contributed by atoms with Crippen molar-refractivity contribution in [2.45, 2.75) is 18.7 Å². The molecule has 3 rings (SSSR count). The van der Waals surface area contributed by atoms with E-state index in [9.17, 15) is 8.42 Å². The first-order valence-corrected chi connectivity index (χ1v) is 10.3. The van der Waals surface area contributed by atoms with Crippen molar-refractivity contribution in [2.75, 3.05) is 45.3 Å². The largest absolute Gasteiger partial charge is 0.497 e. The number of anilines is 1. The quantitative estimate of drug-likeness (QED) is 0.786. The Morgan fingerprint density at radius 2 is 1.56 bits per heavy atom. The van der Waals surface area contributed by atoms with Gasteiger partial charge in [-0.2, -0.15) is 4.31 Å². The van der Waals surface area contributed by atoms with Crippen LogP contribution in [0.4, 0.5) is 5.69 Å². The standard InChI is InChI=1S/C20H26N2O4S/c1-15-5-7-18(13-16(15)2)27(23,24)22-11-9-21(10-12-22)19-14-17(25-3)6-8-20(19)26-4/h5-8,13-14H,9-12H2,1-4H3. The summed E-state index contributed by atoms with van der Waals surface area (Å²) in [4.78, 5) is 2.49. The van der Waals surface area contributed by atoms with Crippen molar-refractivity contribution in [1.29, 1.82) is 0 Å². The summed E-state index contributed by atoms with van der Waals surface area (Å²) >= 11 is 0. The minimum atomic E-state index is -3.48. The zero-order chi connectivity index (χ0) is 19.6. The van der Waals surface area contributed by atoms with Gasteiger partial charge in [0.25, 0.3) is 0 Å². The van der Waals surface area contributed by atoms with Crippen LogP contribution in [0.3, 0.4) is 0 Å². The highest BCUT2D eigenvalue weighted by molar-refractivity contribution is 7.89. The van der Waals surface area contributed by atoms with Gasteiger partial charge in [0.15, 0.2) is 0 Å². The van der Waals surface area contributed by atoms with Gasteiger partial charge < -0.3 is 14.4 Å². The van der Waals surface area contributed by atoms with Gasteiger partial charge >= 0.3 is 0 Å². The molecule has 0 atom stereocenters. The van der Waals surface area contributed by atoms with E-state index in [4.69, 9.17) is 9.47 Å². The van der Waals surface area contributed by atoms with Crippen LogP contribution in [0.5, 0.6) is 11.5 Å². The number of benzene rings is 2. The third-order valence-corrected chi connectivity index (χ3v) is 6.98. The Morgan fingerprint density at radius 1 is 0.852 bits per heavy atom. The zero-order valence-electron chi connectivity index (χ0n) is 16.2. The van der Waals surface area contributed by atoms with Crippen molar-refractivity contribution >= 4 is 15.7 Å². The van der Waals surface area contributed by atoms with E-state index < -0.39 is 10.0 Å². The van der Waals surface area contributed by atoms with Gasteiger partial charge in [-0.25, -0.2) is 8.42 Å². The average Bonchev–Trinajstić information content (AvgIpc) is 2.69. The van der Waals surface area contributed by atoms with Crippen LogP contribution in [-0.2, 0) is 10.0 Å². The summed E-state index contributed by atoms with van der Waals surface area (Å²) in [5.41, 5.74) is 2.99. The molecular formula is C20H26N2O4S. The van der Waals surface area contributed by atoms with Crippen LogP contribution >= 0.6 is 0 Å². The Bertz CT molecular complexity index is 920. The zero-order valence-corrected chi connectivity index (χ0v) is 17.0. The lowest BCUT2D eigenvalue weighted by atomic mass is 10.1. The van der Waals surface area contributed by atoms with Crippen molar-refractivity contribution in [2.24, 2.45) is 0 Å². The number of aryl methyl sites for hydroxylation is 2. The molecule has 27 heavy (non-hydrogen) atoms. The van der Waals surface area contributed by atoms with E-state index in [0.717, 1.165) is 28.3 Å². The topological polar surface area (TPSA) is 59.1 Å². The number of methoxy groups -OCH3 is 2. The Labute approximate surface area is 161 Å². The molecule has 7 heteroatoms. The molecule has 1 aliphatic heterocycles. The second kappa shape index (κ2) is 7.78. The highest BCUT2D eigenvalue weighted by atomic mass is 32.2. The predicted octanol–water partition coefficient (Wildman–Crippen LogP) is 2.83. The van der Waals surface area contributed by atoms with Gasteiger partial charge in [0.05, 0.1) is 24.8 Å². The smallest absolute Gasteiger partial charge is 0.243 e. The molecule has 0 aromatic heterocycles. The van der Waals surface area contributed by atoms with E-state index in [2.05, 4.69) is 4.90 Å². The van der Waals surface area contributed by atoms with Gasteiger partial charge in [-0.1, -0.05) is 6.07 Å². The van der Waals surface area contributed by atoms with E-state index in [1.54, 1.807) is 30.7 Å². The maximum absolute atomic E-state index is 13.0. The normalized spacial score (nSPS) is 15.6. The third kappa shape index (κ3) is 3.89. The third-order valence-electron chi connectivity index (χ3n) is 5.08. The Morgan fingerprint density at radius 3 is 2.15 bits per heavy atom. The summed E-state index contributed by atoms with van der Waals surface area (Å²) in [6.07, 6.45) is 0. The summed E-state index contributed by atoms with van der Waals surface area (Å²) in [5.74, 6) is 1.50. The van der Waals surface area contributed by atoms with Crippen molar-refractivity contribution < 1.29 is 17.9 Å². The number of sulfonamides is 1. The van der Waals surface area contributed by atoms with Gasteiger partial charge in [0.2, 0.25) is 10.0 Å².